The summed E-state index contributed by atoms with van der Waals surface area (Å²) in [7, 11) is 1.77. The van der Waals surface area contributed by atoms with Gasteiger partial charge in [0, 0.05) is 42.8 Å². The molecule has 6 rings (SSSR count). The van der Waals surface area contributed by atoms with Crippen LogP contribution < -0.4 is 0 Å². The van der Waals surface area contributed by atoms with Gasteiger partial charge in [-0.1, -0.05) is 30.7 Å². The zero-order chi connectivity index (χ0) is 31.2. The van der Waals surface area contributed by atoms with Gasteiger partial charge in [0.05, 0.1) is 41.4 Å². The van der Waals surface area contributed by atoms with Gasteiger partial charge >= 0.3 is 0 Å². The minimum atomic E-state index is -1.75. The maximum Gasteiger partial charge on any atom is 0.257 e. The van der Waals surface area contributed by atoms with Crippen LogP contribution in [-0.4, -0.2) is 53.3 Å². The average molecular weight is 617 g/mol. The number of amides is 1. The third-order valence-corrected chi connectivity index (χ3v) is 8.81. The molecule has 3 heterocycles. The third kappa shape index (κ3) is 4.84. The third-order valence-electron chi connectivity index (χ3n) is 8.56. The van der Waals surface area contributed by atoms with Crippen molar-refractivity contribution in [2.75, 3.05) is 6.61 Å². The van der Waals surface area contributed by atoms with Gasteiger partial charge in [0.2, 0.25) is 5.72 Å². The number of benzene rings is 2. The highest BCUT2D eigenvalue weighted by Crippen LogP contribution is 2.51. The molecule has 2 N–H and O–H groups in total. The van der Waals surface area contributed by atoms with E-state index in [0.29, 0.717) is 29.1 Å². The molecule has 0 spiro atoms. The molecule has 2 aliphatic rings. The first-order valence-corrected chi connectivity index (χ1v) is 14.6. The Balaban J connectivity index is 1.56. The lowest BCUT2D eigenvalue weighted by Gasteiger charge is -2.45. The highest BCUT2D eigenvalue weighted by atomic mass is 35.5. The molecule has 226 valence electrons. The molecule has 2 aromatic heterocycles. The molecule has 1 aliphatic heterocycles. The van der Waals surface area contributed by atoms with Gasteiger partial charge in [-0.05, 0) is 55.0 Å². The van der Waals surface area contributed by atoms with Crippen molar-refractivity contribution in [3.8, 4) is 6.07 Å². The number of nitrogens with zero attached hydrogens (tertiary/aromatic N) is 6. The Morgan fingerprint density at radius 3 is 2.50 bits per heavy atom. The Labute approximate surface area is 258 Å². The summed E-state index contributed by atoms with van der Waals surface area (Å²) in [6.45, 7) is 1.57. The van der Waals surface area contributed by atoms with Gasteiger partial charge in [0.25, 0.3) is 5.91 Å². The molecule has 0 radical (unpaired) electrons. The number of hydrogen-bond acceptors (Lipinski definition) is 8. The number of carbonyl (C=O) groups is 1. The van der Waals surface area contributed by atoms with Crippen LogP contribution in [-0.2, 0) is 29.7 Å². The van der Waals surface area contributed by atoms with Crippen molar-refractivity contribution in [2.24, 2.45) is 13.0 Å². The van der Waals surface area contributed by atoms with Crippen LogP contribution in [0.1, 0.15) is 70.3 Å². The summed E-state index contributed by atoms with van der Waals surface area (Å²) in [4.78, 5) is 28.7. The second-order valence-corrected chi connectivity index (χ2v) is 11.8. The second-order valence-electron chi connectivity index (χ2n) is 11.3. The summed E-state index contributed by atoms with van der Waals surface area (Å²) in [5.74, 6) is -1.06. The van der Waals surface area contributed by atoms with Gasteiger partial charge in [-0.2, -0.15) is 5.26 Å². The number of fused-ring (bicyclic) bond motifs is 1. The smallest absolute Gasteiger partial charge is 0.257 e. The summed E-state index contributed by atoms with van der Waals surface area (Å²) < 4.78 is 25.2. The van der Waals surface area contributed by atoms with Gasteiger partial charge < -0.3 is 19.5 Å². The molecule has 0 bridgehead atoms. The first-order valence-electron chi connectivity index (χ1n) is 14.3. The van der Waals surface area contributed by atoms with Crippen LogP contribution in [0.15, 0.2) is 61.3 Å². The van der Waals surface area contributed by atoms with Crippen molar-refractivity contribution in [2.45, 2.75) is 50.2 Å². The lowest BCUT2D eigenvalue weighted by atomic mass is 9.81. The van der Waals surface area contributed by atoms with Crippen molar-refractivity contribution in [3.05, 3.63) is 111 Å². The van der Waals surface area contributed by atoms with E-state index in [1.54, 1.807) is 55.3 Å². The molecule has 1 fully saturated rings. The fourth-order valence-corrected chi connectivity index (χ4v) is 6.21. The van der Waals surface area contributed by atoms with E-state index in [1.807, 2.05) is 6.07 Å². The number of ether oxygens (including phenoxy) is 1. The number of halogens is 2. The Hall–Kier alpha value is -4.21. The van der Waals surface area contributed by atoms with Crippen LogP contribution in [0, 0.1) is 23.1 Å². The Morgan fingerprint density at radius 1 is 1.20 bits per heavy atom. The fraction of sp³-hybridized carbons (Fsp3) is 0.344. The van der Waals surface area contributed by atoms with E-state index < -0.39 is 29.2 Å². The van der Waals surface area contributed by atoms with E-state index in [0.717, 1.165) is 0 Å². The Morgan fingerprint density at radius 2 is 1.91 bits per heavy atom. The number of aliphatic hydroxyl groups is 2. The predicted octanol–water partition coefficient (Wildman–Crippen LogP) is 4.16. The number of imidazole rings is 1. The number of hydrogen-bond donors (Lipinski definition) is 2. The van der Waals surface area contributed by atoms with Crippen LogP contribution in [0.4, 0.5) is 4.39 Å². The lowest BCUT2D eigenvalue weighted by Crippen LogP contribution is -2.51. The zero-order valence-electron chi connectivity index (χ0n) is 24.1. The Bertz CT molecular complexity index is 1750. The van der Waals surface area contributed by atoms with Gasteiger partial charge in [0.1, 0.15) is 23.3 Å². The molecule has 2 aromatic carbocycles. The van der Waals surface area contributed by atoms with Crippen molar-refractivity contribution < 1.29 is 24.1 Å². The molecule has 1 aliphatic carbocycles. The molecule has 1 saturated carbocycles. The molecule has 4 aromatic rings. The van der Waals surface area contributed by atoms with Crippen LogP contribution in [0.5, 0.6) is 0 Å². The van der Waals surface area contributed by atoms with Gasteiger partial charge in [-0.3, -0.25) is 9.69 Å². The molecule has 2 atom stereocenters. The van der Waals surface area contributed by atoms with E-state index in [2.05, 4.69) is 15.0 Å². The summed E-state index contributed by atoms with van der Waals surface area (Å²) >= 11 is 6.24. The highest BCUT2D eigenvalue weighted by molar-refractivity contribution is 6.30. The van der Waals surface area contributed by atoms with Crippen LogP contribution in [0.2, 0.25) is 5.02 Å². The van der Waals surface area contributed by atoms with Crippen LogP contribution in [0.3, 0.4) is 0 Å². The fourth-order valence-electron chi connectivity index (χ4n) is 6.09. The molecule has 1 amide bonds. The van der Waals surface area contributed by atoms with Gasteiger partial charge in [-0.15, -0.1) is 0 Å². The van der Waals surface area contributed by atoms with E-state index in [9.17, 15) is 20.3 Å². The van der Waals surface area contributed by atoms with Gasteiger partial charge in [0.15, 0.2) is 0 Å². The Kier molecular flexibility index (Phi) is 7.71. The molecular formula is C32H30ClFN6O4. The van der Waals surface area contributed by atoms with Crippen molar-refractivity contribution >= 4 is 17.5 Å². The predicted molar refractivity (Wildman–Crippen MR) is 156 cm³/mol. The zero-order valence-corrected chi connectivity index (χ0v) is 24.9. The van der Waals surface area contributed by atoms with Crippen molar-refractivity contribution in [1.29, 1.82) is 5.26 Å². The number of rotatable bonds is 9. The topological polar surface area (TPSA) is 137 Å². The monoisotopic (exact) mass is 616 g/mol. The van der Waals surface area contributed by atoms with Gasteiger partial charge in [-0.25, -0.2) is 19.3 Å². The maximum atomic E-state index is 16.8. The molecule has 12 heteroatoms. The standard InChI is InChI=1S/C32H30ClFN6O4/c1-3-31(43,27-15-39(2)18-38-27)22-10-25-29(26(34)11-22)32(21-4-6-23(33)7-5-21,44-24-8-19(9-24)17-41)40(30(25)42)16-28-36-13-20(12-35)14-37-28/h4-7,10-11,13-15,18-19,24,41,43H,3,8-9,16-17H2,1-2H3/t19?,24?,31?,32-/m1/s1. The molecule has 0 saturated heterocycles. The van der Waals surface area contributed by atoms with Crippen LogP contribution in [0.25, 0.3) is 0 Å². The molecule has 44 heavy (non-hydrogen) atoms. The number of aromatic nitrogens is 4. The van der Waals surface area contributed by atoms with E-state index in [4.69, 9.17) is 16.3 Å². The van der Waals surface area contributed by atoms with E-state index >= 15 is 4.39 Å². The quantitative estimate of drug-likeness (QED) is 0.286. The number of carbonyl (C=O) groups excluding carboxylic acids is 1. The molecule has 10 nitrogen and oxygen atoms in total. The average Bonchev–Trinajstić information content (AvgIpc) is 3.55. The highest BCUT2D eigenvalue weighted by Gasteiger charge is 2.57. The summed E-state index contributed by atoms with van der Waals surface area (Å²) in [5.41, 5.74) is -2.22. The largest absolute Gasteiger partial charge is 0.396 e. The molecule has 1 unspecified atom stereocenters. The SMILES string of the molecule is CCC(O)(c1cc(F)c2c(c1)C(=O)N(Cc1ncc(C#N)cn1)[C@@]2(OC1CC(CO)C1)c1ccc(Cl)cc1)c1cn(C)cn1. The number of nitriles is 1. The van der Waals surface area contributed by atoms with Crippen LogP contribution >= 0.6 is 11.6 Å². The first kappa shape index (κ1) is 29.8. The molecular weight excluding hydrogens is 587 g/mol. The number of aliphatic hydroxyl groups excluding tert-OH is 1. The van der Waals surface area contributed by atoms with E-state index in [1.165, 1.54) is 29.4 Å². The van der Waals surface area contributed by atoms with E-state index in [-0.39, 0.29) is 53.6 Å². The maximum absolute atomic E-state index is 16.8. The summed E-state index contributed by atoms with van der Waals surface area (Å²) in [6, 6.07) is 11.4. The summed E-state index contributed by atoms with van der Waals surface area (Å²) in [6.07, 6.45) is 6.71. The van der Waals surface area contributed by atoms with Crippen molar-refractivity contribution in [3.63, 3.8) is 0 Å². The summed E-state index contributed by atoms with van der Waals surface area (Å²) in [5, 5.41) is 31.1. The lowest BCUT2D eigenvalue weighted by molar-refractivity contribution is -0.184. The second kappa shape index (κ2) is 11.4. The number of aryl methyl sites for hydroxylation is 1. The normalized spacial score (nSPS) is 22.3. The minimum Gasteiger partial charge on any atom is -0.396 e. The van der Waals surface area contributed by atoms with Crippen molar-refractivity contribution in [1.82, 2.24) is 24.4 Å². The first-order chi connectivity index (χ1) is 21.1. The minimum absolute atomic E-state index is 0.00543.